The van der Waals surface area contributed by atoms with Gasteiger partial charge >= 0.3 is 10.2 Å². The number of H-pyrrole nitrogens is 1. The van der Waals surface area contributed by atoms with E-state index in [4.69, 9.17) is 0 Å². The Labute approximate surface area is 186 Å². The van der Waals surface area contributed by atoms with E-state index in [-0.39, 0.29) is 48.3 Å². The number of aromatic nitrogens is 2. The summed E-state index contributed by atoms with van der Waals surface area (Å²) in [7, 11) is -4.04. The Balaban J connectivity index is 1.76. The summed E-state index contributed by atoms with van der Waals surface area (Å²) in [5.41, 5.74) is 0.790. The lowest BCUT2D eigenvalue weighted by molar-refractivity contribution is 0.103. The molecule has 1 unspecified atom stereocenters. The maximum absolute atomic E-state index is 14.8. The van der Waals surface area contributed by atoms with Crippen molar-refractivity contribution in [2.45, 2.75) is 25.9 Å². The standard InChI is InChI=1S/C20H19BrF2N4O3S/c1-2-13-17(26-31(29,30)27-6-5-12(22)10-27)4-3-16(23)18(13)19(28)15-9-25-20-14(15)7-11(21)8-24-20/h3-4,7-9,12,26H,2,5-6,10H2,1H3,(H,24,25). The van der Waals surface area contributed by atoms with Crippen LogP contribution in [0.4, 0.5) is 14.5 Å². The highest BCUT2D eigenvalue weighted by Gasteiger charge is 2.32. The first-order valence-corrected chi connectivity index (χ1v) is 11.8. The van der Waals surface area contributed by atoms with Gasteiger partial charge in [-0.05, 0) is 52.5 Å². The Hall–Kier alpha value is -2.37. The molecule has 1 aliphatic heterocycles. The number of carbonyl (C=O) groups is 1. The molecule has 1 saturated heterocycles. The fourth-order valence-corrected chi connectivity index (χ4v) is 5.37. The Kier molecular flexibility index (Phi) is 5.84. The molecule has 1 aromatic carbocycles. The molecule has 11 heteroatoms. The van der Waals surface area contributed by atoms with Crippen LogP contribution in [0.15, 0.2) is 35.1 Å². The number of fused-ring (bicyclic) bond motifs is 1. The minimum Gasteiger partial charge on any atom is -0.345 e. The first kappa shape index (κ1) is 21.8. The highest BCUT2D eigenvalue weighted by atomic mass is 79.9. The lowest BCUT2D eigenvalue weighted by Gasteiger charge is -2.20. The van der Waals surface area contributed by atoms with Gasteiger partial charge in [0.25, 0.3) is 0 Å². The molecule has 0 spiro atoms. The average Bonchev–Trinajstić information content (AvgIpc) is 3.34. The van der Waals surface area contributed by atoms with Crippen LogP contribution in [0, 0.1) is 5.82 Å². The maximum atomic E-state index is 14.8. The zero-order valence-electron chi connectivity index (χ0n) is 16.5. The van der Waals surface area contributed by atoms with Gasteiger partial charge in [0.05, 0.1) is 11.3 Å². The number of benzene rings is 1. The van der Waals surface area contributed by atoms with Gasteiger partial charge in [-0.25, -0.2) is 13.8 Å². The second-order valence-corrected chi connectivity index (χ2v) is 9.82. The predicted molar refractivity (Wildman–Crippen MR) is 117 cm³/mol. The molecule has 7 nitrogen and oxygen atoms in total. The Morgan fingerprint density at radius 1 is 1.42 bits per heavy atom. The quantitative estimate of drug-likeness (QED) is 0.488. The molecule has 164 valence electrons. The Morgan fingerprint density at radius 2 is 2.19 bits per heavy atom. The van der Waals surface area contributed by atoms with E-state index in [9.17, 15) is 22.0 Å². The van der Waals surface area contributed by atoms with Gasteiger partial charge in [0, 0.05) is 40.9 Å². The van der Waals surface area contributed by atoms with Crippen molar-refractivity contribution < 1.29 is 22.0 Å². The molecule has 2 aromatic heterocycles. The van der Waals surface area contributed by atoms with Crippen LogP contribution in [0.3, 0.4) is 0 Å². The van der Waals surface area contributed by atoms with Crippen molar-refractivity contribution in [3.63, 3.8) is 0 Å². The number of alkyl halides is 1. The summed E-state index contributed by atoms with van der Waals surface area (Å²) in [5, 5.41) is 0.512. The number of nitrogens with zero attached hydrogens (tertiary/aromatic N) is 2. The van der Waals surface area contributed by atoms with Crippen molar-refractivity contribution in [1.29, 1.82) is 0 Å². The van der Waals surface area contributed by atoms with Crippen molar-refractivity contribution in [1.82, 2.24) is 14.3 Å². The Morgan fingerprint density at radius 3 is 2.87 bits per heavy atom. The molecule has 0 amide bonds. The number of halogens is 3. The molecule has 31 heavy (non-hydrogen) atoms. The lowest BCUT2D eigenvalue weighted by atomic mass is 9.95. The van der Waals surface area contributed by atoms with E-state index in [1.165, 1.54) is 12.3 Å². The number of ketones is 1. The smallest absolute Gasteiger partial charge is 0.301 e. The van der Waals surface area contributed by atoms with E-state index in [0.717, 1.165) is 10.4 Å². The molecule has 0 saturated carbocycles. The molecular weight excluding hydrogens is 494 g/mol. The summed E-state index contributed by atoms with van der Waals surface area (Å²) in [6.45, 7) is 1.52. The summed E-state index contributed by atoms with van der Waals surface area (Å²) >= 11 is 3.31. The van der Waals surface area contributed by atoms with E-state index in [0.29, 0.717) is 15.5 Å². The average molecular weight is 513 g/mol. The number of pyridine rings is 1. The van der Waals surface area contributed by atoms with Crippen LogP contribution in [0.1, 0.15) is 34.8 Å². The van der Waals surface area contributed by atoms with Gasteiger partial charge in [-0.2, -0.15) is 12.7 Å². The third-order valence-electron chi connectivity index (χ3n) is 5.26. The molecular formula is C20H19BrF2N4O3S. The van der Waals surface area contributed by atoms with E-state index < -0.39 is 28.0 Å². The third kappa shape index (κ3) is 4.09. The number of carbonyl (C=O) groups excluding carboxylic acids is 1. The SMILES string of the molecule is CCc1c(NS(=O)(=O)N2CCC(F)C2)ccc(F)c1C(=O)c1c[nH]c2ncc(Br)cc12. The topological polar surface area (TPSA) is 95.2 Å². The molecule has 0 radical (unpaired) electrons. The molecule has 0 aliphatic carbocycles. The fourth-order valence-electron chi connectivity index (χ4n) is 3.74. The van der Waals surface area contributed by atoms with Crippen LogP contribution in [0.2, 0.25) is 0 Å². The van der Waals surface area contributed by atoms with Crippen LogP contribution >= 0.6 is 15.9 Å². The van der Waals surface area contributed by atoms with E-state index >= 15 is 0 Å². The molecule has 2 N–H and O–H groups in total. The normalized spacial score (nSPS) is 17.4. The Bertz CT molecular complexity index is 1280. The van der Waals surface area contributed by atoms with Crippen molar-refractivity contribution in [2.75, 3.05) is 17.8 Å². The van der Waals surface area contributed by atoms with E-state index in [1.54, 1.807) is 19.2 Å². The minimum atomic E-state index is -4.04. The highest BCUT2D eigenvalue weighted by molar-refractivity contribution is 9.10. The molecule has 3 aromatic rings. The first-order chi connectivity index (χ1) is 14.7. The van der Waals surface area contributed by atoms with Crippen LogP contribution < -0.4 is 4.72 Å². The van der Waals surface area contributed by atoms with Crippen LogP contribution in [0.25, 0.3) is 11.0 Å². The molecule has 1 fully saturated rings. The number of anilines is 1. The van der Waals surface area contributed by atoms with Crippen molar-refractivity contribution in [3.05, 3.63) is 57.6 Å². The van der Waals surface area contributed by atoms with Gasteiger partial charge in [-0.15, -0.1) is 0 Å². The van der Waals surface area contributed by atoms with Gasteiger partial charge in [0.15, 0.2) is 5.78 Å². The van der Waals surface area contributed by atoms with Crippen molar-refractivity contribution >= 4 is 48.6 Å². The zero-order valence-corrected chi connectivity index (χ0v) is 18.9. The number of nitrogens with one attached hydrogen (secondary N) is 2. The van der Waals surface area contributed by atoms with Crippen LogP contribution in [0.5, 0.6) is 0 Å². The van der Waals surface area contributed by atoms with Gasteiger partial charge in [-0.3, -0.25) is 9.52 Å². The second kappa shape index (κ2) is 8.29. The van der Waals surface area contributed by atoms with Crippen LogP contribution in [-0.2, 0) is 16.6 Å². The second-order valence-electron chi connectivity index (χ2n) is 7.23. The number of aromatic amines is 1. The molecule has 1 atom stereocenters. The molecule has 4 rings (SSSR count). The number of hydrogen-bond donors (Lipinski definition) is 2. The number of rotatable bonds is 6. The van der Waals surface area contributed by atoms with Crippen molar-refractivity contribution in [3.8, 4) is 0 Å². The molecule has 3 heterocycles. The van der Waals surface area contributed by atoms with Gasteiger partial charge in [0.1, 0.15) is 17.6 Å². The van der Waals surface area contributed by atoms with Crippen LogP contribution in [-0.4, -0.2) is 47.7 Å². The largest absolute Gasteiger partial charge is 0.345 e. The number of hydrogen-bond acceptors (Lipinski definition) is 4. The summed E-state index contributed by atoms with van der Waals surface area (Å²) in [4.78, 5) is 20.4. The summed E-state index contributed by atoms with van der Waals surface area (Å²) in [5.74, 6) is -1.35. The fraction of sp³-hybridized carbons (Fsp3) is 0.300. The van der Waals surface area contributed by atoms with Crippen molar-refractivity contribution in [2.24, 2.45) is 0 Å². The summed E-state index contributed by atoms with van der Waals surface area (Å²) < 4.78 is 57.7. The lowest BCUT2D eigenvalue weighted by Crippen LogP contribution is -2.34. The van der Waals surface area contributed by atoms with Gasteiger partial charge in [-0.1, -0.05) is 6.92 Å². The predicted octanol–water partition coefficient (Wildman–Crippen LogP) is 3.96. The minimum absolute atomic E-state index is 0.0577. The third-order valence-corrected chi connectivity index (χ3v) is 7.18. The summed E-state index contributed by atoms with van der Waals surface area (Å²) in [6.07, 6.45) is 2.13. The molecule has 0 bridgehead atoms. The maximum Gasteiger partial charge on any atom is 0.301 e. The van der Waals surface area contributed by atoms with Gasteiger partial charge < -0.3 is 4.98 Å². The summed E-state index contributed by atoms with van der Waals surface area (Å²) in [6, 6.07) is 4.02. The zero-order chi connectivity index (χ0) is 22.3. The highest BCUT2D eigenvalue weighted by Crippen LogP contribution is 2.30. The first-order valence-electron chi connectivity index (χ1n) is 9.62. The monoisotopic (exact) mass is 512 g/mol. The van der Waals surface area contributed by atoms with Gasteiger partial charge in [0.2, 0.25) is 0 Å². The molecule has 1 aliphatic rings. The van der Waals surface area contributed by atoms with E-state index in [2.05, 4.69) is 30.6 Å². The van der Waals surface area contributed by atoms with E-state index in [1.807, 2.05) is 0 Å².